The van der Waals surface area contributed by atoms with E-state index in [0.29, 0.717) is 6.42 Å². The molecule has 1 amide bonds. The van der Waals surface area contributed by atoms with Crippen molar-refractivity contribution >= 4 is 27.8 Å². The highest BCUT2D eigenvalue weighted by Gasteiger charge is 2.15. The lowest BCUT2D eigenvalue weighted by atomic mass is 10.1. The van der Waals surface area contributed by atoms with E-state index in [2.05, 4.69) is 21.2 Å². The van der Waals surface area contributed by atoms with Crippen LogP contribution in [0.5, 0.6) is 0 Å². The van der Waals surface area contributed by atoms with Gasteiger partial charge in [-0.15, -0.1) is 0 Å². The SMILES string of the molecule is CCCC(CC(=O)O)NC(=O)Cc1cccc(Br)c1. The van der Waals surface area contributed by atoms with Gasteiger partial charge >= 0.3 is 5.97 Å². The Morgan fingerprint density at radius 1 is 1.42 bits per heavy atom. The lowest BCUT2D eigenvalue weighted by Crippen LogP contribution is -2.37. The summed E-state index contributed by atoms with van der Waals surface area (Å²) in [5.74, 6) is -1.03. The first-order chi connectivity index (χ1) is 9.01. The van der Waals surface area contributed by atoms with Crippen molar-refractivity contribution in [2.75, 3.05) is 0 Å². The molecule has 0 saturated heterocycles. The standard InChI is InChI=1S/C14H18BrNO3/c1-2-4-12(9-14(18)19)16-13(17)8-10-5-3-6-11(15)7-10/h3,5-7,12H,2,4,8-9H2,1H3,(H,16,17)(H,18,19). The molecule has 1 unspecified atom stereocenters. The van der Waals surface area contributed by atoms with Gasteiger partial charge in [0.1, 0.15) is 0 Å². The van der Waals surface area contributed by atoms with Gasteiger partial charge in [0.25, 0.3) is 0 Å². The highest BCUT2D eigenvalue weighted by atomic mass is 79.9. The summed E-state index contributed by atoms with van der Waals surface area (Å²) >= 11 is 3.35. The lowest BCUT2D eigenvalue weighted by molar-refractivity contribution is -0.137. The number of carboxylic acids is 1. The third-order valence-electron chi connectivity index (χ3n) is 2.68. The first-order valence-corrected chi connectivity index (χ1v) is 7.06. The Kier molecular flexibility index (Phi) is 6.56. The molecule has 1 aromatic carbocycles. The normalized spacial score (nSPS) is 11.9. The van der Waals surface area contributed by atoms with Crippen LogP contribution >= 0.6 is 15.9 Å². The van der Waals surface area contributed by atoms with E-state index in [1.165, 1.54) is 0 Å². The Morgan fingerprint density at radius 3 is 2.74 bits per heavy atom. The maximum absolute atomic E-state index is 11.9. The smallest absolute Gasteiger partial charge is 0.305 e. The Balaban J connectivity index is 2.54. The molecular weight excluding hydrogens is 310 g/mol. The number of rotatable bonds is 7. The molecule has 0 saturated carbocycles. The molecule has 0 bridgehead atoms. The molecule has 0 aliphatic rings. The van der Waals surface area contributed by atoms with Crippen LogP contribution in [-0.2, 0) is 16.0 Å². The molecule has 0 aliphatic heterocycles. The van der Waals surface area contributed by atoms with Crippen molar-refractivity contribution in [1.29, 1.82) is 0 Å². The maximum Gasteiger partial charge on any atom is 0.305 e. The van der Waals surface area contributed by atoms with Crippen molar-refractivity contribution in [3.8, 4) is 0 Å². The topological polar surface area (TPSA) is 66.4 Å². The number of carbonyl (C=O) groups is 2. The van der Waals surface area contributed by atoms with Gasteiger partial charge < -0.3 is 10.4 Å². The Bertz CT molecular complexity index is 448. The second-order valence-corrected chi connectivity index (χ2v) is 5.37. The van der Waals surface area contributed by atoms with E-state index in [4.69, 9.17) is 5.11 Å². The quantitative estimate of drug-likeness (QED) is 0.809. The molecule has 5 heteroatoms. The summed E-state index contributed by atoms with van der Waals surface area (Å²) in [7, 11) is 0. The predicted molar refractivity (Wildman–Crippen MR) is 76.9 cm³/mol. The zero-order chi connectivity index (χ0) is 14.3. The molecule has 4 nitrogen and oxygen atoms in total. The number of carbonyl (C=O) groups excluding carboxylic acids is 1. The van der Waals surface area contributed by atoms with E-state index in [9.17, 15) is 9.59 Å². The van der Waals surface area contributed by atoms with Crippen LogP contribution < -0.4 is 5.32 Å². The molecule has 2 N–H and O–H groups in total. The van der Waals surface area contributed by atoms with E-state index in [1.807, 2.05) is 31.2 Å². The number of benzene rings is 1. The Hall–Kier alpha value is -1.36. The van der Waals surface area contributed by atoms with Crippen LogP contribution in [0.25, 0.3) is 0 Å². The average Bonchev–Trinajstić information content (AvgIpc) is 2.27. The zero-order valence-corrected chi connectivity index (χ0v) is 12.4. The highest BCUT2D eigenvalue weighted by Crippen LogP contribution is 2.12. The van der Waals surface area contributed by atoms with Crippen LogP contribution in [-0.4, -0.2) is 23.0 Å². The van der Waals surface area contributed by atoms with Gasteiger partial charge in [0.2, 0.25) is 5.91 Å². The van der Waals surface area contributed by atoms with E-state index in [1.54, 1.807) is 0 Å². The summed E-state index contributed by atoms with van der Waals surface area (Å²) in [5.41, 5.74) is 0.900. The lowest BCUT2D eigenvalue weighted by Gasteiger charge is -2.16. The van der Waals surface area contributed by atoms with E-state index >= 15 is 0 Å². The molecule has 1 atom stereocenters. The van der Waals surface area contributed by atoms with Gasteiger partial charge in [-0.1, -0.05) is 41.4 Å². The summed E-state index contributed by atoms with van der Waals surface area (Å²) in [5, 5.41) is 11.6. The third-order valence-corrected chi connectivity index (χ3v) is 3.17. The minimum atomic E-state index is -0.888. The minimum absolute atomic E-state index is 0.0297. The number of hydrogen-bond donors (Lipinski definition) is 2. The fourth-order valence-corrected chi connectivity index (χ4v) is 2.34. The Labute approximate surface area is 121 Å². The van der Waals surface area contributed by atoms with Crippen molar-refractivity contribution in [1.82, 2.24) is 5.32 Å². The molecular formula is C14H18BrNO3. The summed E-state index contributed by atoms with van der Waals surface area (Å²) in [6, 6.07) is 7.23. The van der Waals surface area contributed by atoms with Gasteiger partial charge in [0.05, 0.1) is 12.8 Å². The number of carboxylic acid groups (broad SMARTS) is 1. The fraction of sp³-hybridized carbons (Fsp3) is 0.429. The average molecular weight is 328 g/mol. The first-order valence-electron chi connectivity index (χ1n) is 6.27. The van der Waals surface area contributed by atoms with Gasteiger partial charge in [-0.3, -0.25) is 9.59 Å². The molecule has 1 rings (SSSR count). The summed E-state index contributed by atoms with van der Waals surface area (Å²) in [6.45, 7) is 1.97. The second-order valence-electron chi connectivity index (χ2n) is 4.46. The zero-order valence-electron chi connectivity index (χ0n) is 10.9. The molecule has 0 fully saturated rings. The van der Waals surface area contributed by atoms with Crippen LogP contribution in [0, 0.1) is 0 Å². The number of halogens is 1. The summed E-state index contributed by atoms with van der Waals surface area (Å²) in [4.78, 5) is 22.6. The first kappa shape index (κ1) is 15.7. The summed E-state index contributed by atoms with van der Waals surface area (Å²) in [6.07, 6.45) is 1.75. The van der Waals surface area contributed by atoms with Gasteiger partial charge in [-0.25, -0.2) is 0 Å². The highest BCUT2D eigenvalue weighted by molar-refractivity contribution is 9.10. The minimum Gasteiger partial charge on any atom is -0.481 e. The van der Waals surface area contributed by atoms with Gasteiger partial charge in [0, 0.05) is 10.5 Å². The van der Waals surface area contributed by atoms with Crippen molar-refractivity contribution in [3.05, 3.63) is 34.3 Å². The van der Waals surface area contributed by atoms with Crippen LogP contribution in [0.1, 0.15) is 31.7 Å². The molecule has 0 spiro atoms. The number of amides is 1. The monoisotopic (exact) mass is 327 g/mol. The van der Waals surface area contributed by atoms with E-state index < -0.39 is 5.97 Å². The molecule has 0 heterocycles. The molecule has 0 aliphatic carbocycles. The fourth-order valence-electron chi connectivity index (χ4n) is 1.90. The Morgan fingerprint density at radius 2 is 2.16 bits per heavy atom. The van der Waals surface area contributed by atoms with Crippen molar-refractivity contribution in [2.45, 2.75) is 38.6 Å². The third kappa shape index (κ3) is 6.38. The molecule has 19 heavy (non-hydrogen) atoms. The molecule has 104 valence electrons. The van der Waals surface area contributed by atoms with E-state index in [-0.39, 0.29) is 24.8 Å². The van der Waals surface area contributed by atoms with Gasteiger partial charge in [-0.2, -0.15) is 0 Å². The van der Waals surface area contributed by atoms with Gasteiger partial charge in [-0.05, 0) is 24.1 Å². The van der Waals surface area contributed by atoms with Crippen molar-refractivity contribution in [3.63, 3.8) is 0 Å². The van der Waals surface area contributed by atoms with Gasteiger partial charge in [0.15, 0.2) is 0 Å². The number of hydrogen-bond acceptors (Lipinski definition) is 2. The predicted octanol–water partition coefficient (Wildman–Crippen LogP) is 2.75. The van der Waals surface area contributed by atoms with Crippen molar-refractivity contribution < 1.29 is 14.7 Å². The van der Waals surface area contributed by atoms with Crippen LogP contribution in [0.4, 0.5) is 0 Å². The maximum atomic E-state index is 11.9. The van der Waals surface area contributed by atoms with Crippen LogP contribution in [0.3, 0.4) is 0 Å². The number of aliphatic carboxylic acids is 1. The number of nitrogens with one attached hydrogen (secondary N) is 1. The molecule has 0 radical (unpaired) electrons. The van der Waals surface area contributed by atoms with E-state index in [0.717, 1.165) is 16.5 Å². The largest absolute Gasteiger partial charge is 0.481 e. The summed E-state index contributed by atoms with van der Waals surface area (Å²) < 4.78 is 0.924. The molecule has 1 aromatic rings. The van der Waals surface area contributed by atoms with Crippen LogP contribution in [0.15, 0.2) is 28.7 Å². The second kappa shape index (κ2) is 7.94. The van der Waals surface area contributed by atoms with Crippen molar-refractivity contribution in [2.24, 2.45) is 0 Å². The van der Waals surface area contributed by atoms with Crippen LogP contribution in [0.2, 0.25) is 0 Å². The molecule has 0 aromatic heterocycles.